The Labute approximate surface area is 296 Å². The summed E-state index contributed by atoms with van der Waals surface area (Å²) in [7, 11) is 0. The standard InChI is InChI=1S/C49H33NO/c1-3-13-35(14-4-1)37-17-9-11-33(28-37)27-34-12-10-18-38(29-34)40-22-25-48-44(31-40)45-32-41(23-26-49(45)51-48)50-46-20-8-7-19-42(46)43-30-39(21-24-47(43)50)36-15-5-2-6-16-36/h1-26,28-32H,27H2. The maximum absolute atomic E-state index is 6.40. The van der Waals surface area contributed by atoms with E-state index in [4.69, 9.17) is 4.42 Å². The fraction of sp³-hybridized carbons (Fsp3) is 0.0204. The van der Waals surface area contributed by atoms with Gasteiger partial charge in [-0.1, -0.05) is 140 Å². The minimum atomic E-state index is 0.875. The first-order valence-electron chi connectivity index (χ1n) is 17.5. The van der Waals surface area contributed by atoms with Crippen LogP contribution in [-0.2, 0) is 6.42 Å². The lowest BCUT2D eigenvalue weighted by atomic mass is 9.96. The number of hydrogen-bond donors (Lipinski definition) is 0. The second-order valence-electron chi connectivity index (χ2n) is 13.4. The van der Waals surface area contributed by atoms with Crippen LogP contribution in [0.4, 0.5) is 0 Å². The Morgan fingerprint density at radius 3 is 1.57 bits per heavy atom. The third-order valence-corrected chi connectivity index (χ3v) is 10.2. The average Bonchev–Trinajstić information content (AvgIpc) is 3.73. The van der Waals surface area contributed by atoms with Crippen molar-refractivity contribution in [1.82, 2.24) is 4.57 Å². The third kappa shape index (κ3) is 5.21. The van der Waals surface area contributed by atoms with Crippen LogP contribution >= 0.6 is 0 Å². The molecule has 0 saturated heterocycles. The van der Waals surface area contributed by atoms with Gasteiger partial charge in [0.1, 0.15) is 11.2 Å². The summed E-state index contributed by atoms with van der Waals surface area (Å²) in [5.74, 6) is 0. The Balaban J connectivity index is 1.04. The van der Waals surface area contributed by atoms with Gasteiger partial charge in [-0.2, -0.15) is 0 Å². The molecule has 10 rings (SSSR count). The van der Waals surface area contributed by atoms with Crippen LogP contribution in [0.25, 0.3) is 82.8 Å². The van der Waals surface area contributed by atoms with Crippen molar-refractivity contribution in [2.24, 2.45) is 0 Å². The quantitative estimate of drug-likeness (QED) is 0.175. The second kappa shape index (κ2) is 12.0. The van der Waals surface area contributed by atoms with E-state index in [1.54, 1.807) is 0 Å². The van der Waals surface area contributed by atoms with E-state index < -0.39 is 0 Å². The highest BCUT2D eigenvalue weighted by Gasteiger charge is 2.16. The van der Waals surface area contributed by atoms with E-state index >= 15 is 0 Å². The fourth-order valence-electron chi connectivity index (χ4n) is 7.73. The number of rotatable bonds is 6. The highest BCUT2D eigenvalue weighted by atomic mass is 16.3. The molecule has 240 valence electrons. The SMILES string of the molecule is c1ccc(-c2cccc(Cc3cccc(-c4ccc5oc6ccc(-n7c8ccccc8c8cc(-c9ccccc9)ccc87)cc6c5c4)c3)c2)cc1. The molecule has 2 nitrogen and oxygen atoms in total. The van der Waals surface area contributed by atoms with Crippen LogP contribution < -0.4 is 0 Å². The van der Waals surface area contributed by atoms with E-state index in [2.05, 4.69) is 193 Å². The summed E-state index contributed by atoms with van der Waals surface area (Å²) < 4.78 is 8.78. The molecule has 0 aliphatic heterocycles. The van der Waals surface area contributed by atoms with Gasteiger partial charge in [0.2, 0.25) is 0 Å². The predicted molar refractivity (Wildman–Crippen MR) is 214 cm³/mol. The monoisotopic (exact) mass is 651 g/mol. The number of furan rings is 1. The number of benzene rings is 8. The molecule has 10 aromatic rings. The highest BCUT2D eigenvalue weighted by Crippen LogP contribution is 2.38. The van der Waals surface area contributed by atoms with Crippen LogP contribution in [0, 0.1) is 0 Å². The lowest BCUT2D eigenvalue weighted by Crippen LogP contribution is -1.93. The van der Waals surface area contributed by atoms with Crippen molar-refractivity contribution in [3.8, 4) is 39.1 Å². The maximum Gasteiger partial charge on any atom is 0.135 e. The first-order valence-corrected chi connectivity index (χ1v) is 17.5. The second-order valence-corrected chi connectivity index (χ2v) is 13.4. The summed E-state index contributed by atoms with van der Waals surface area (Å²) >= 11 is 0. The van der Waals surface area contributed by atoms with Gasteiger partial charge in [0.05, 0.1) is 11.0 Å². The van der Waals surface area contributed by atoms with E-state index in [0.29, 0.717) is 0 Å². The molecule has 0 aliphatic carbocycles. The zero-order valence-corrected chi connectivity index (χ0v) is 28.0. The summed E-state index contributed by atoms with van der Waals surface area (Å²) in [4.78, 5) is 0. The first kappa shape index (κ1) is 29.3. The van der Waals surface area contributed by atoms with Gasteiger partial charge >= 0.3 is 0 Å². The van der Waals surface area contributed by atoms with Gasteiger partial charge in [-0.15, -0.1) is 0 Å². The summed E-state index contributed by atoms with van der Waals surface area (Å²) in [6, 6.07) is 67.7. The normalized spacial score (nSPS) is 11.6. The first-order chi connectivity index (χ1) is 25.2. The van der Waals surface area contributed by atoms with Crippen LogP contribution in [-0.4, -0.2) is 4.57 Å². The summed E-state index contributed by atoms with van der Waals surface area (Å²) in [6.45, 7) is 0. The molecule has 0 aliphatic rings. The number of nitrogens with zero attached hydrogens (tertiary/aromatic N) is 1. The number of aromatic nitrogens is 1. The van der Waals surface area contributed by atoms with Crippen molar-refractivity contribution in [1.29, 1.82) is 0 Å². The molecule has 0 N–H and O–H groups in total. The van der Waals surface area contributed by atoms with Crippen molar-refractivity contribution in [2.75, 3.05) is 0 Å². The van der Waals surface area contributed by atoms with Crippen molar-refractivity contribution >= 4 is 43.7 Å². The molecule has 0 spiro atoms. The molecular formula is C49H33NO. The molecule has 0 bridgehead atoms. The molecule has 2 heteroatoms. The Bertz CT molecular complexity index is 2880. The summed E-state index contributed by atoms with van der Waals surface area (Å²) in [6.07, 6.45) is 0.875. The Kier molecular flexibility index (Phi) is 6.92. The molecule has 0 saturated carbocycles. The van der Waals surface area contributed by atoms with Crippen LogP contribution in [0.2, 0.25) is 0 Å². The summed E-state index contributed by atoms with van der Waals surface area (Å²) in [5.41, 5.74) is 15.2. The van der Waals surface area contributed by atoms with Crippen molar-refractivity contribution in [2.45, 2.75) is 6.42 Å². The topological polar surface area (TPSA) is 18.1 Å². The van der Waals surface area contributed by atoms with E-state index in [9.17, 15) is 0 Å². The Hall–Kier alpha value is -6.64. The van der Waals surface area contributed by atoms with Gasteiger partial charge in [0, 0.05) is 27.2 Å². The molecule has 2 heterocycles. The zero-order valence-electron chi connectivity index (χ0n) is 28.0. The molecule has 0 amide bonds. The van der Waals surface area contributed by atoms with Gasteiger partial charge in [-0.05, 0) is 99.5 Å². The van der Waals surface area contributed by atoms with E-state index in [1.165, 1.54) is 66.3 Å². The van der Waals surface area contributed by atoms with Gasteiger partial charge in [0.15, 0.2) is 0 Å². The molecule has 2 aromatic heterocycles. The Morgan fingerprint density at radius 1 is 0.333 bits per heavy atom. The van der Waals surface area contributed by atoms with Gasteiger partial charge in [-0.3, -0.25) is 0 Å². The van der Waals surface area contributed by atoms with Gasteiger partial charge in [-0.25, -0.2) is 0 Å². The number of fused-ring (bicyclic) bond motifs is 6. The molecule has 51 heavy (non-hydrogen) atoms. The van der Waals surface area contributed by atoms with Crippen LogP contribution in [0.1, 0.15) is 11.1 Å². The van der Waals surface area contributed by atoms with Crippen LogP contribution in [0.3, 0.4) is 0 Å². The van der Waals surface area contributed by atoms with Crippen LogP contribution in [0.15, 0.2) is 192 Å². The Morgan fingerprint density at radius 2 is 0.843 bits per heavy atom. The van der Waals surface area contributed by atoms with Crippen LogP contribution in [0.5, 0.6) is 0 Å². The largest absolute Gasteiger partial charge is 0.456 e. The zero-order chi connectivity index (χ0) is 33.7. The number of para-hydroxylation sites is 1. The molecule has 0 radical (unpaired) electrons. The van der Waals surface area contributed by atoms with Crippen molar-refractivity contribution < 1.29 is 4.42 Å². The van der Waals surface area contributed by atoms with Gasteiger partial charge in [0.25, 0.3) is 0 Å². The highest BCUT2D eigenvalue weighted by molar-refractivity contribution is 6.12. The van der Waals surface area contributed by atoms with E-state index in [1.807, 2.05) is 0 Å². The third-order valence-electron chi connectivity index (χ3n) is 10.2. The van der Waals surface area contributed by atoms with Crippen molar-refractivity contribution in [3.63, 3.8) is 0 Å². The van der Waals surface area contributed by atoms with E-state index in [-0.39, 0.29) is 0 Å². The molecule has 0 fully saturated rings. The maximum atomic E-state index is 6.40. The lowest BCUT2D eigenvalue weighted by molar-refractivity contribution is 0.669. The van der Waals surface area contributed by atoms with Crippen molar-refractivity contribution in [3.05, 3.63) is 199 Å². The molecule has 0 atom stereocenters. The van der Waals surface area contributed by atoms with E-state index in [0.717, 1.165) is 34.0 Å². The molecule has 8 aromatic carbocycles. The minimum Gasteiger partial charge on any atom is -0.456 e. The predicted octanol–water partition coefficient (Wildman–Crippen LogP) is 13.3. The fourth-order valence-corrected chi connectivity index (χ4v) is 7.73. The number of hydrogen-bond acceptors (Lipinski definition) is 1. The minimum absolute atomic E-state index is 0.875. The smallest absolute Gasteiger partial charge is 0.135 e. The molecule has 0 unspecified atom stereocenters. The molecular weight excluding hydrogens is 619 g/mol. The average molecular weight is 652 g/mol. The van der Waals surface area contributed by atoms with Gasteiger partial charge < -0.3 is 8.98 Å². The lowest BCUT2D eigenvalue weighted by Gasteiger charge is -2.09. The summed E-state index contributed by atoms with van der Waals surface area (Å²) in [5, 5.41) is 4.73.